The zero-order valence-corrected chi connectivity index (χ0v) is 18.6. The fraction of sp³-hybridized carbons (Fsp3) is 0.0952. The van der Waals surface area contributed by atoms with Gasteiger partial charge in [0.25, 0.3) is 10.0 Å². The fourth-order valence-corrected chi connectivity index (χ4v) is 4.95. The number of nitrogens with one attached hydrogen (secondary N) is 1. The molecule has 0 fully saturated rings. The molecule has 150 valence electrons. The van der Waals surface area contributed by atoms with Gasteiger partial charge in [-0.1, -0.05) is 51.8 Å². The molecule has 1 N–H and O–H groups in total. The number of nitrogens with zero attached hydrogens (tertiary/aromatic N) is 1. The molecule has 0 spiro atoms. The lowest BCUT2D eigenvalue weighted by atomic mass is 10.2. The van der Waals surface area contributed by atoms with Gasteiger partial charge in [0.05, 0.1) is 10.6 Å². The molecule has 0 aliphatic heterocycles. The van der Waals surface area contributed by atoms with E-state index in [2.05, 4.69) is 21.2 Å². The number of carbonyl (C=O) groups is 1. The molecule has 1 amide bonds. The Morgan fingerprint density at radius 3 is 2.41 bits per heavy atom. The number of sulfonamides is 1. The first-order valence-corrected chi connectivity index (χ1v) is 11.3. The van der Waals surface area contributed by atoms with Crippen molar-refractivity contribution in [1.82, 2.24) is 0 Å². The first-order valence-electron chi connectivity index (χ1n) is 8.67. The Kier molecular flexibility index (Phi) is 6.62. The minimum atomic E-state index is -3.96. The van der Waals surface area contributed by atoms with E-state index in [1.54, 1.807) is 61.5 Å². The average Bonchev–Trinajstić information content (AvgIpc) is 2.67. The van der Waals surface area contributed by atoms with E-state index in [1.165, 1.54) is 12.1 Å². The molecular weight excluding hydrogens is 476 g/mol. The molecule has 0 aliphatic carbocycles. The first-order chi connectivity index (χ1) is 13.8. The van der Waals surface area contributed by atoms with Gasteiger partial charge in [0.15, 0.2) is 0 Å². The highest BCUT2D eigenvalue weighted by atomic mass is 79.9. The SMILES string of the molecule is Cc1cc(Cl)ccc1N(CC(=O)Nc1cccc(Br)c1)S(=O)(=O)c1ccccc1. The molecule has 0 atom stereocenters. The molecule has 3 aromatic carbocycles. The predicted octanol–water partition coefficient (Wildman–Crippen LogP) is 5.24. The Labute approximate surface area is 183 Å². The van der Waals surface area contributed by atoms with Gasteiger partial charge < -0.3 is 5.32 Å². The molecule has 0 bridgehead atoms. The van der Waals surface area contributed by atoms with E-state index in [9.17, 15) is 13.2 Å². The number of carbonyl (C=O) groups excluding carboxylic acids is 1. The van der Waals surface area contributed by atoms with E-state index in [-0.39, 0.29) is 11.4 Å². The number of amides is 1. The van der Waals surface area contributed by atoms with Crippen molar-refractivity contribution in [3.05, 3.63) is 87.9 Å². The van der Waals surface area contributed by atoms with E-state index in [1.807, 2.05) is 6.07 Å². The number of aryl methyl sites for hydroxylation is 1. The van der Waals surface area contributed by atoms with Gasteiger partial charge in [-0.15, -0.1) is 0 Å². The summed E-state index contributed by atoms with van der Waals surface area (Å²) in [7, 11) is -3.96. The predicted molar refractivity (Wildman–Crippen MR) is 120 cm³/mol. The highest BCUT2D eigenvalue weighted by Gasteiger charge is 2.28. The smallest absolute Gasteiger partial charge is 0.264 e. The second-order valence-electron chi connectivity index (χ2n) is 6.31. The van der Waals surface area contributed by atoms with Gasteiger partial charge in [0.1, 0.15) is 6.54 Å². The van der Waals surface area contributed by atoms with Crippen LogP contribution in [0.4, 0.5) is 11.4 Å². The summed E-state index contributed by atoms with van der Waals surface area (Å²) in [4.78, 5) is 12.8. The lowest BCUT2D eigenvalue weighted by Gasteiger charge is -2.25. The van der Waals surface area contributed by atoms with Crippen molar-refractivity contribution < 1.29 is 13.2 Å². The van der Waals surface area contributed by atoms with E-state index in [0.29, 0.717) is 22.0 Å². The monoisotopic (exact) mass is 492 g/mol. The molecule has 5 nitrogen and oxygen atoms in total. The van der Waals surface area contributed by atoms with Crippen LogP contribution in [0, 0.1) is 6.92 Å². The summed E-state index contributed by atoms with van der Waals surface area (Å²) in [5, 5.41) is 3.22. The minimum absolute atomic E-state index is 0.101. The van der Waals surface area contributed by atoms with E-state index >= 15 is 0 Å². The Balaban J connectivity index is 1.98. The molecule has 3 aromatic rings. The van der Waals surface area contributed by atoms with Gasteiger partial charge in [-0.25, -0.2) is 8.42 Å². The third-order valence-electron chi connectivity index (χ3n) is 4.15. The van der Waals surface area contributed by atoms with Crippen LogP contribution < -0.4 is 9.62 Å². The van der Waals surface area contributed by atoms with Crippen LogP contribution in [0.25, 0.3) is 0 Å². The van der Waals surface area contributed by atoms with Gasteiger partial charge in [-0.2, -0.15) is 0 Å². The quantitative estimate of drug-likeness (QED) is 0.510. The molecule has 29 heavy (non-hydrogen) atoms. The van der Waals surface area contributed by atoms with Crippen LogP contribution in [0.5, 0.6) is 0 Å². The molecule has 0 saturated heterocycles. The van der Waals surface area contributed by atoms with Crippen molar-refractivity contribution in [2.75, 3.05) is 16.2 Å². The molecule has 0 radical (unpaired) electrons. The molecule has 0 aromatic heterocycles. The molecule has 0 saturated carbocycles. The van der Waals surface area contributed by atoms with Crippen molar-refractivity contribution in [3.63, 3.8) is 0 Å². The van der Waals surface area contributed by atoms with Crippen LogP contribution in [0.15, 0.2) is 82.2 Å². The maximum Gasteiger partial charge on any atom is 0.264 e. The van der Waals surface area contributed by atoms with Gasteiger partial charge >= 0.3 is 0 Å². The largest absolute Gasteiger partial charge is 0.324 e. The van der Waals surface area contributed by atoms with Gasteiger partial charge in [-0.3, -0.25) is 9.10 Å². The fourth-order valence-electron chi connectivity index (χ4n) is 2.82. The Bertz CT molecular complexity index is 1140. The second kappa shape index (κ2) is 8.98. The third kappa shape index (κ3) is 5.18. The normalized spacial score (nSPS) is 11.1. The van der Waals surface area contributed by atoms with Gasteiger partial charge in [-0.05, 0) is 61.0 Å². The topological polar surface area (TPSA) is 66.5 Å². The Morgan fingerprint density at radius 2 is 1.76 bits per heavy atom. The van der Waals surface area contributed by atoms with E-state index in [4.69, 9.17) is 11.6 Å². The van der Waals surface area contributed by atoms with Gasteiger partial charge in [0, 0.05) is 15.2 Å². The van der Waals surface area contributed by atoms with Crippen LogP contribution in [0.1, 0.15) is 5.56 Å². The third-order valence-corrected chi connectivity index (χ3v) is 6.66. The minimum Gasteiger partial charge on any atom is -0.324 e. The number of halogens is 2. The summed E-state index contributed by atoms with van der Waals surface area (Å²) >= 11 is 9.38. The Hall–Kier alpha value is -2.35. The van der Waals surface area contributed by atoms with Crippen LogP contribution in [-0.2, 0) is 14.8 Å². The molecular formula is C21H18BrClN2O3S. The number of rotatable bonds is 6. The zero-order chi connectivity index (χ0) is 21.0. The first kappa shape index (κ1) is 21.4. The number of hydrogen-bond acceptors (Lipinski definition) is 3. The number of anilines is 2. The van der Waals surface area contributed by atoms with Crippen LogP contribution in [-0.4, -0.2) is 20.9 Å². The molecule has 8 heteroatoms. The van der Waals surface area contributed by atoms with Crippen molar-refractivity contribution in [2.24, 2.45) is 0 Å². The maximum absolute atomic E-state index is 13.3. The molecule has 0 heterocycles. The van der Waals surface area contributed by atoms with Crippen molar-refractivity contribution in [3.8, 4) is 0 Å². The number of hydrogen-bond donors (Lipinski definition) is 1. The van der Waals surface area contributed by atoms with Crippen LogP contribution in [0.2, 0.25) is 5.02 Å². The lowest BCUT2D eigenvalue weighted by Crippen LogP contribution is -2.38. The van der Waals surface area contributed by atoms with E-state index < -0.39 is 15.9 Å². The van der Waals surface area contributed by atoms with Gasteiger partial charge in [0.2, 0.25) is 5.91 Å². The van der Waals surface area contributed by atoms with Crippen LogP contribution in [0.3, 0.4) is 0 Å². The molecule has 3 rings (SSSR count). The second-order valence-corrected chi connectivity index (χ2v) is 9.53. The summed E-state index contributed by atoms with van der Waals surface area (Å²) in [6.07, 6.45) is 0. The summed E-state index contributed by atoms with van der Waals surface area (Å²) < 4.78 is 28.5. The summed E-state index contributed by atoms with van der Waals surface area (Å²) in [5.41, 5.74) is 1.60. The highest BCUT2D eigenvalue weighted by Crippen LogP contribution is 2.29. The van der Waals surface area contributed by atoms with Crippen molar-refractivity contribution >= 4 is 54.8 Å². The summed E-state index contributed by atoms with van der Waals surface area (Å²) in [5.74, 6) is -0.461. The van der Waals surface area contributed by atoms with E-state index in [0.717, 1.165) is 8.78 Å². The van der Waals surface area contributed by atoms with Crippen molar-refractivity contribution in [1.29, 1.82) is 0 Å². The molecule has 0 unspecified atom stereocenters. The Morgan fingerprint density at radius 1 is 1.03 bits per heavy atom. The lowest BCUT2D eigenvalue weighted by molar-refractivity contribution is -0.114. The average molecular weight is 494 g/mol. The summed E-state index contributed by atoms with van der Waals surface area (Å²) in [6, 6.07) is 20.0. The standard InChI is InChI=1S/C21H18BrClN2O3S/c1-15-12-17(23)10-11-20(15)25(29(27,28)19-8-3-2-4-9-19)14-21(26)24-18-7-5-6-16(22)13-18/h2-13H,14H2,1H3,(H,24,26). The number of benzene rings is 3. The molecule has 0 aliphatic rings. The maximum atomic E-state index is 13.3. The highest BCUT2D eigenvalue weighted by molar-refractivity contribution is 9.10. The van der Waals surface area contributed by atoms with Crippen LogP contribution >= 0.6 is 27.5 Å². The van der Waals surface area contributed by atoms with Crippen molar-refractivity contribution in [2.45, 2.75) is 11.8 Å². The summed E-state index contributed by atoms with van der Waals surface area (Å²) in [6.45, 7) is 1.37. The zero-order valence-electron chi connectivity index (χ0n) is 15.5.